The summed E-state index contributed by atoms with van der Waals surface area (Å²) in [5.74, 6) is 0.132. The number of ether oxygens (including phenoxy) is 1. The van der Waals surface area contributed by atoms with Gasteiger partial charge in [-0.05, 0) is 30.5 Å². The highest BCUT2D eigenvalue weighted by molar-refractivity contribution is 5.94. The quantitative estimate of drug-likeness (QED) is 0.874. The fourth-order valence-electron chi connectivity index (χ4n) is 3.05. The van der Waals surface area contributed by atoms with Crippen molar-refractivity contribution in [2.24, 2.45) is 11.1 Å². The highest BCUT2D eigenvalue weighted by atomic mass is 16.5. The molecule has 1 amide bonds. The Kier molecular flexibility index (Phi) is 3.29. The number of nitrogens with zero attached hydrogens (tertiary/aromatic N) is 1. The number of amides is 1. The number of carbonyl (C=O) groups excluding carboxylic acids is 1. The molecule has 4 nitrogen and oxygen atoms in total. The topological polar surface area (TPSA) is 55.6 Å². The van der Waals surface area contributed by atoms with Gasteiger partial charge >= 0.3 is 0 Å². The predicted octanol–water partition coefficient (Wildman–Crippen LogP) is 1.40. The first-order valence-electron chi connectivity index (χ1n) is 6.88. The van der Waals surface area contributed by atoms with Gasteiger partial charge in [0.1, 0.15) is 0 Å². The Balaban J connectivity index is 1.70. The van der Waals surface area contributed by atoms with E-state index in [-0.39, 0.29) is 11.3 Å². The third-order valence-electron chi connectivity index (χ3n) is 4.35. The second kappa shape index (κ2) is 4.94. The van der Waals surface area contributed by atoms with Gasteiger partial charge in [0.05, 0.1) is 6.61 Å². The normalized spacial score (nSPS) is 26.3. The van der Waals surface area contributed by atoms with E-state index in [1.165, 1.54) is 0 Å². The second-order valence-electron chi connectivity index (χ2n) is 5.68. The number of carbonyl (C=O) groups is 1. The third kappa shape index (κ3) is 2.38. The molecule has 2 N–H and O–H groups in total. The molecule has 2 aliphatic rings. The molecular formula is C15H20N2O2. The average Bonchev–Trinajstić information content (AvgIpc) is 3.09. The average molecular weight is 260 g/mol. The van der Waals surface area contributed by atoms with Crippen LogP contribution in [0.3, 0.4) is 0 Å². The lowest BCUT2D eigenvalue weighted by Crippen LogP contribution is -2.32. The van der Waals surface area contributed by atoms with E-state index in [2.05, 4.69) is 0 Å². The summed E-state index contributed by atoms with van der Waals surface area (Å²) in [6.07, 6.45) is 2.16. The summed E-state index contributed by atoms with van der Waals surface area (Å²) in [6, 6.07) is 7.61. The minimum absolute atomic E-state index is 0.132. The summed E-state index contributed by atoms with van der Waals surface area (Å²) < 4.78 is 5.49. The molecule has 2 aliphatic heterocycles. The first-order chi connectivity index (χ1) is 9.22. The van der Waals surface area contributed by atoms with Crippen LogP contribution in [-0.2, 0) is 11.3 Å². The van der Waals surface area contributed by atoms with Crippen molar-refractivity contribution in [2.45, 2.75) is 19.4 Å². The highest BCUT2D eigenvalue weighted by Crippen LogP contribution is 2.38. The third-order valence-corrected chi connectivity index (χ3v) is 4.35. The molecule has 1 aromatic rings. The van der Waals surface area contributed by atoms with E-state index in [1.54, 1.807) is 0 Å². The molecule has 0 aromatic heterocycles. The first kappa shape index (κ1) is 12.6. The molecule has 19 heavy (non-hydrogen) atoms. The van der Waals surface area contributed by atoms with Gasteiger partial charge in [0, 0.05) is 37.2 Å². The van der Waals surface area contributed by atoms with Crippen molar-refractivity contribution in [2.75, 3.05) is 26.3 Å². The maximum absolute atomic E-state index is 12.4. The maximum Gasteiger partial charge on any atom is 0.253 e. The SMILES string of the molecule is NCc1ccc(C(=O)N2CCC3(CCOC3)C2)cc1. The zero-order valence-corrected chi connectivity index (χ0v) is 11.1. The van der Waals surface area contributed by atoms with Crippen LogP contribution in [-0.4, -0.2) is 37.1 Å². The van der Waals surface area contributed by atoms with Gasteiger partial charge in [-0.15, -0.1) is 0 Å². The summed E-state index contributed by atoms with van der Waals surface area (Å²) >= 11 is 0. The van der Waals surface area contributed by atoms with Gasteiger partial charge in [-0.1, -0.05) is 12.1 Å². The number of benzene rings is 1. The van der Waals surface area contributed by atoms with Crippen molar-refractivity contribution in [3.05, 3.63) is 35.4 Å². The van der Waals surface area contributed by atoms with E-state index >= 15 is 0 Å². The molecule has 1 spiro atoms. The van der Waals surface area contributed by atoms with Crippen molar-refractivity contribution >= 4 is 5.91 Å². The zero-order valence-electron chi connectivity index (χ0n) is 11.1. The van der Waals surface area contributed by atoms with Gasteiger partial charge in [0.25, 0.3) is 5.91 Å². The number of rotatable bonds is 2. The standard InChI is InChI=1S/C15H20N2O2/c16-9-12-1-3-13(4-2-12)14(18)17-7-5-15(10-17)6-8-19-11-15/h1-4H,5-11,16H2. The second-order valence-corrected chi connectivity index (χ2v) is 5.68. The van der Waals surface area contributed by atoms with Crippen LogP contribution in [0.2, 0.25) is 0 Å². The lowest BCUT2D eigenvalue weighted by atomic mass is 9.87. The van der Waals surface area contributed by atoms with Crippen LogP contribution in [0.25, 0.3) is 0 Å². The maximum atomic E-state index is 12.4. The summed E-state index contributed by atoms with van der Waals surface area (Å²) in [7, 11) is 0. The highest BCUT2D eigenvalue weighted by Gasteiger charge is 2.42. The van der Waals surface area contributed by atoms with Gasteiger partial charge in [0.2, 0.25) is 0 Å². The van der Waals surface area contributed by atoms with Crippen LogP contribution in [0.4, 0.5) is 0 Å². The van der Waals surface area contributed by atoms with Gasteiger partial charge < -0.3 is 15.4 Å². The number of hydrogen-bond acceptors (Lipinski definition) is 3. The Morgan fingerprint density at radius 1 is 1.32 bits per heavy atom. The molecule has 0 saturated carbocycles. The Bertz CT molecular complexity index is 464. The molecule has 4 heteroatoms. The van der Waals surface area contributed by atoms with Crippen molar-refractivity contribution in [1.29, 1.82) is 0 Å². The number of hydrogen-bond donors (Lipinski definition) is 1. The Labute approximate surface area is 113 Å². The van der Waals surface area contributed by atoms with E-state index in [9.17, 15) is 4.79 Å². The van der Waals surface area contributed by atoms with Crippen molar-refractivity contribution < 1.29 is 9.53 Å². The molecular weight excluding hydrogens is 240 g/mol. The van der Waals surface area contributed by atoms with Crippen LogP contribution in [0, 0.1) is 5.41 Å². The minimum atomic E-state index is 0.132. The molecule has 3 rings (SSSR count). The summed E-state index contributed by atoms with van der Waals surface area (Å²) in [6.45, 7) is 3.85. The van der Waals surface area contributed by atoms with Crippen LogP contribution >= 0.6 is 0 Å². The lowest BCUT2D eigenvalue weighted by Gasteiger charge is -2.22. The molecule has 2 saturated heterocycles. The largest absolute Gasteiger partial charge is 0.381 e. The molecule has 1 atom stereocenters. The van der Waals surface area contributed by atoms with E-state index < -0.39 is 0 Å². The van der Waals surface area contributed by atoms with Gasteiger partial charge in [-0.3, -0.25) is 4.79 Å². The van der Waals surface area contributed by atoms with Crippen LogP contribution in [0.1, 0.15) is 28.8 Å². The molecule has 2 fully saturated rings. The first-order valence-corrected chi connectivity index (χ1v) is 6.88. The fraction of sp³-hybridized carbons (Fsp3) is 0.533. The predicted molar refractivity (Wildman–Crippen MR) is 72.7 cm³/mol. The molecule has 1 unspecified atom stereocenters. The van der Waals surface area contributed by atoms with E-state index in [0.29, 0.717) is 6.54 Å². The molecule has 1 aromatic carbocycles. The number of likely N-dealkylation sites (tertiary alicyclic amines) is 1. The number of nitrogens with two attached hydrogens (primary N) is 1. The molecule has 2 heterocycles. The Hall–Kier alpha value is -1.39. The van der Waals surface area contributed by atoms with E-state index in [1.807, 2.05) is 29.2 Å². The Morgan fingerprint density at radius 3 is 2.74 bits per heavy atom. The van der Waals surface area contributed by atoms with Gasteiger partial charge in [0.15, 0.2) is 0 Å². The minimum Gasteiger partial charge on any atom is -0.381 e. The molecule has 102 valence electrons. The zero-order chi connectivity index (χ0) is 13.3. The van der Waals surface area contributed by atoms with Gasteiger partial charge in [-0.2, -0.15) is 0 Å². The van der Waals surface area contributed by atoms with Crippen molar-refractivity contribution in [3.63, 3.8) is 0 Å². The molecule has 0 radical (unpaired) electrons. The smallest absolute Gasteiger partial charge is 0.253 e. The molecule has 0 aliphatic carbocycles. The lowest BCUT2D eigenvalue weighted by molar-refractivity contribution is 0.0765. The Morgan fingerprint density at radius 2 is 2.11 bits per heavy atom. The van der Waals surface area contributed by atoms with Crippen molar-refractivity contribution in [3.8, 4) is 0 Å². The summed E-state index contributed by atoms with van der Waals surface area (Å²) in [5, 5.41) is 0. The van der Waals surface area contributed by atoms with Crippen LogP contribution in [0.5, 0.6) is 0 Å². The monoisotopic (exact) mass is 260 g/mol. The van der Waals surface area contributed by atoms with Crippen LogP contribution in [0.15, 0.2) is 24.3 Å². The van der Waals surface area contributed by atoms with Crippen LogP contribution < -0.4 is 5.73 Å². The summed E-state index contributed by atoms with van der Waals surface area (Å²) in [5.41, 5.74) is 7.61. The van der Waals surface area contributed by atoms with Gasteiger partial charge in [-0.25, -0.2) is 0 Å². The van der Waals surface area contributed by atoms with E-state index in [4.69, 9.17) is 10.5 Å². The van der Waals surface area contributed by atoms with E-state index in [0.717, 1.165) is 50.3 Å². The van der Waals surface area contributed by atoms with Crippen molar-refractivity contribution in [1.82, 2.24) is 4.90 Å². The summed E-state index contributed by atoms with van der Waals surface area (Å²) in [4.78, 5) is 14.4. The molecule has 0 bridgehead atoms. The fourth-order valence-corrected chi connectivity index (χ4v) is 3.05.